The quantitative estimate of drug-likeness (QED) is 0.771. The molecule has 1 aromatic carbocycles. The predicted molar refractivity (Wildman–Crippen MR) is 74.8 cm³/mol. The van der Waals surface area contributed by atoms with Crippen molar-refractivity contribution < 1.29 is 8.42 Å². The molecule has 0 saturated heterocycles. The van der Waals surface area contributed by atoms with Crippen molar-refractivity contribution in [1.82, 2.24) is 0 Å². The number of hydrogen-bond donors (Lipinski definition) is 0. The maximum atomic E-state index is 12.6. The van der Waals surface area contributed by atoms with Crippen LogP contribution in [-0.2, 0) is 9.84 Å². The molecule has 0 N–H and O–H groups in total. The van der Waals surface area contributed by atoms with Gasteiger partial charge in [-0.05, 0) is 23.8 Å². The molecule has 0 fully saturated rings. The van der Waals surface area contributed by atoms with Gasteiger partial charge < -0.3 is 0 Å². The Bertz CT molecular complexity index is 756. The van der Waals surface area contributed by atoms with E-state index in [0.29, 0.717) is 10.8 Å². The minimum Gasteiger partial charge on any atom is -0.218 e. The molecule has 0 unspecified atom stereocenters. The first-order valence-electron chi connectivity index (χ1n) is 5.89. The molecule has 1 radical (unpaired) electrons. The average Bonchev–Trinajstić information content (AvgIpc) is 2.70. The lowest BCUT2D eigenvalue weighted by Gasteiger charge is -2.11. The summed E-state index contributed by atoms with van der Waals surface area (Å²) in [4.78, 5) is 0.537. The average molecular weight is 267 g/mol. The summed E-state index contributed by atoms with van der Waals surface area (Å²) in [6.45, 7) is 0. The van der Waals surface area contributed by atoms with Crippen LogP contribution in [0.25, 0.3) is 0 Å². The third-order valence-electron chi connectivity index (χ3n) is 3.00. The van der Waals surface area contributed by atoms with Crippen LogP contribution in [0.4, 0.5) is 0 Å². The van der Waals surface area contributed by atoms with E-state index in [9.17, 15) is 8.42 Å². The summed E-state index contributed by atoms with van der Waals surface area (Å²) < 4.78 is 25.2. The Morgan fingerprint density at radius 1 is 0.947 bits per heavy atom. The van der Waals surface area contributed by atoms with Crippen LogP contribution in [0.1, 0.15) is 0 Å². The van der Waals surface area contributed by atoms with Gasteiger partial charge in [0, 0.05) is 0 Å². The van der Waals surface area contributed by atoms with E-state index >= 15 is 0 Å². The summed E-state index contributed by atoms with van der Waals surface area (Å²) in [5, 5.41) is 0. The summed E-state index contributed by atoms with van der Waals surface area (Å²) in [6, 6.07) is 8.44. The van der Waals surface area contributed by atoms with E-state index in [1.165, 1.54) is 0 Å². The van der Waals surface area contributed by atoms with Crippen molar-refractivity contribution in [3.8, 4) is 0 Å². The SMILES string of the molecule is O=S(=O)(C1=C=CC2=CC=CC=C[C]12)c1ccccc1. The van der Waals surface area contributed by atoms with Gasteiger partial charge in [0.2, 0.25) is 9.84 Å². The normalized spacial score (nSPS) is 17.9. The Labute approximate surface area is 112 Å². The number of sulfone groups is 1. The Hall–Kier alpha value is -2.09. The van der Waals surface area contributed by atoms with E-state index in [1.54, 1.807) is 36.4 Å². The largest absolute Gasteiger partial charge is 0.218 e. The first kappa shape index (κ1) is 12.0. The second kappa shape index (κ2) is 4.54. The van der Waals surface area contributed by atoms with E-state index in [0.717, 1.165) is 5.57 Å². The second-order valence-corrected chi connectivity index (χ2v) is 6.10. The second-order valence-electron chi connectivity index (χ2n) is 4.21. The number of allylic oxidation sites excluding steroid dienone is 7. The maximum Gasteiger partial charge on any atom is 0.211 e. The van der Waals surface area contributed by atoms with Gasteiger partial charge in [-0.3, -0.25) is 0 Å². The van der Waals surface area contributed by atoms with E-state index in [1.807, 2.05) is 30.4 Å². The van der Waals surface area contributed by atoms with Gasteiger partial charge in [0.25, 0.3) is 0 Å². The fourth-order valence-electron chi connectivity index (χ4n) is 2.05. The van der Waals surface area contributed by atoms with Crippen molar-refractivity contribution >= 4 is 9.84 Å². The zero-order valence-electron chi connectivity index (χ0n) is 10.1. The van der Waals surface area contributed by atoms with Crippen molar-refractivity contribution in [3.63, 3.8) is 0 Å². The summed E-state index contributed by atoms with van der Waals surface area (Å²) in [5.41, 5.74) is 3.75. The van der Waals surface area contributed by atoms with E-state index in [2.05, 4.69) is 5.73 Å². The molecular weight excluding hydrogens is 256 g/mol. The van der Waals surface area contributed by atoms with E-state index in [4.69, 9.17) is 0 Å². The third-order valence-corrected chi connectivity index (χ3v) is 4.77. The molecule has 2 nitrogen and oxygen atoms in total. The molecule has 0 amide bonds. The highest BCUT2D eigenvalue weighted by Crippen LogP contribution is 2.37. The molecule has 2 aliphatic rings. The van der Waals surface area contributed by atoms with Crippen LogP contribution in [-0.4, -0.2) is 8.42 Å². The lowest BCUT2D eigenvalue weighted by atomic mass is 10.0. The fraction of sp³-hybridized carbons (Fsp3) is 0. The van der Waals surface area contributed by atoms with Crippen LogP contribution in [0.15, 0.2) is 87.9 Å². The monoisotopic (exact) mass is 267 g/mol. The summed E-state index contributed by atoms with van der Waals surface area (Å²) in [5.74, 6) is 0.703. The Morgan fingerprint density at radius 2 is 1.74 bits per heavy atom. The maximum absolute atomic E-state index is 12.6. The zero-order valence-corrected chi connectivity index (χ0v) is 10.9. The number of rotatable bonds is 2. The minimum atomic E-state index is -3.51. The van der Waals surface area contributed by atoms with Crippen LogP contribution in [0.3, 0.4) is 0 Å². The van der Waals surface area contributed by atoms with Gasteiger partial charge in [0.05, 0.1) is 10.8 Å². The Morgan fingerprint density at radius 3 is 2.53 bits per heavy atom. The Balaban J connectivity index is 2.08. The van der Waals surface area contributed by atoms with Crippen LogP contribution in [0.2, 0.25) is 0 Å². The molecule has 0 atom stereocenters. The highest BCUT2D eigenvalue weighted by Gasteiger charge is 2.31. The predicted octanol–water partition coefficient (Wildman–Crippen LogP) is 3.14. The first-order chi connectivity index (χ1) is 9.19. The van der Waals surface area contributed by atoms with Gasteiger partial charge in [0.1, 0.15) is 4.91 Å². The minimum absolute atomic E-state index is 0.241. The molecule has 0 saturated carbocycles. The highest BCUT2D eigenvalue weighted by atomic mass is 32.2. The van der Waals surface area contributed by atoms with Crippen LogP contribution >= 0.6 is 0 Å². The first-order valence-corrected chi connectivity index (χ1v) is 7.37. The van der Waals surface area contributed by atoms with Crippen LogP contribution < -0.4 is 0 Å². The molecule has 3 rings (SSSR count). The lowest BCUT2D eigenvalue weighted by molar-refractivity contribution is 0.602. The molecule has 0 heterocycles. The van der Waals surface area contributed by atoms with Crippen molar-refractivity contribution in [2.45, 2.75) is 4.90 Å². The smallest absolute Gasteiger partial charge is 0.211 e. The van der Waals surface area contributed by atoms with Gasteiger partial charge in [-0.25, -0.2) is 8.42 Å². The molecule has 0 aliphatic heterocycles. The molecule has 2 aliphatic carbocycles. The van der Waals surface area contributed by atoms with Crippen LogP contribution in [0.5, 0.6) is 0 Å². The summed E-state index contributed by atoms with van der Waals surface area (Å²) in [7, 11) is -3.51. The molecule has 19 heavy (non-hydrogen) atoms. The van der Waals surface area contributed by atoms with Gasteiger partial charge in [0.15, 0.2) is 0 Å². The standard InChI is InChI=1S/C16H11O2S/c17-19(18,14-8-4-2-5-9-14)16-12-11-13-7-3-1-6-10-15(13)16/h1-11H. The van der Waals surface area contributed by atoms with Gasteiger partial charge in [-0.1, -0.05) is 48.6 Å². The number of fused-ring (bicyclic) bond motifs is 1. The molecule has 0 aromatic heterocycles. The van der Waals surface area contributed by atoms with Crippen molar-refractivity contribution in [2.24, 2.45) is 0 Å². The van der Waals surface area contributed by atoms with Crippen molar-refractivity contribution in [2.75, 3.05) is 0 Å². The summed E-state index contributed by atoms with van der Waals surface area (Å²) >= 11 is 0. The molecule has 0 spiro atoms. The van der Waals surface area contributed by atoms with Crippen molar-refractivity contribution in [3.05, 3.63) is 88.9 Å². The third kappa shape index (κ3) is 2.03. The van der Waals surface area contributed by atoms with Crippen LogP contribution in [0, 0.1) is 5.92 Å². The molecule has 0 bridgehead atoms. The molecule has 93 valence electrons. The van der Waals surface area contributed by atoms with Gasteiger partial charge in [-0.15, -0.1) is 5.73 Å². The molecule has 1 aromatic rings. The van der Waals surface area contributed by atoms with Gasteiger partial charge >= 0.3 is 0 Å². The zero-order chi connectivity index (χ0) is 13.3. The fourth-order valence-corrected chi connectivity index (χ4v) is 3.50. The number of hydrogen-bond acceptors (Lipinski definition) is 2. The Kier molecular flexibility index (Phi) is 2.86. The van der Waals surface area contributed by atoms with Crippen molar-refractivity contribution in [1.29, 1.82) is 0 Å². The summed E-state index contributed by atoms with van der Waals surface area (Å²) in [6.07, 6.45) is 11.0. The lowest BCUT2D eigenvalue weighted by Crippen LogP contribution is -2.09. The highest BCUT2D eigenvalue weighted by molar-refractivity contribution is 7.95. The molecular formula is C16H11O2S. The van der Waals surface area contributed by atoms with Gasteiger partial charge in [-0.2, -0.15) is 0 Å². The molecule has 3 heteroatoms. The topological polar surface area (TPSA) is 34.1 Å². The van der Waals surface area contributed by atoms with E-state index in [-0.39, 0.29) is 4.91 Å². The number of benzene rings is 1. The van der Waals surface area contributed by atoms with E-state index < -0.39 is 9.84 Å².